The smallest absolute Gasteiger partial charge is 0.277 e. The van der Waals surface area contributed by atoms with Crippen molar-refractivity contribution < 1.29 is 8.78 Å². The Hall–Kier alpha value is -1.66. The van der Waals surface area contributed by atoms with Crippen LogP contribution in [0, 0.1) is 0 Å². The van der Waals surface area contributed by atoms with E-state index in [9.17, 15) is 8.78 Å². The van der Waals surface area contributed by atoms with Crippen molar-refractivity contribution in [2.24, 2.45) is 5.73 Å². The van der Waals surface area contributed by atoms with Gasteiger partial charge >= 0.3 is 0 Å². The molecular weight excluding hydrogens is 286 g/mol. The summed E-state index contributed by atoms with van der Waals surface area (Å²) >= 11 is 0. The van der Waals surface area contributed by atoms with Gasteiger partial charge in [-0.2, -0.15) is 0 Å². The molecule has 0 amide bonds. The van der Waals surface area contributed by atoms with Crippen LogP contribution in [0.15, 0.2) is 46.8 Å². The van der Waals surface area contributed by atoms with E-state index < -0.39 is 6.43 Å². The molecule has 22 heavy (non-hydrogen) atoms. The Morgan fingerprint density at radius 2 is 2.14 bits per heavy atom. The first-order valence-corrected chi connectivity index (χ1v) is 7.65. The highest BCUT2D eigenvalue weighted by Gasteiger charge is 2.29. The van der Waals surface area contributed by atoms with E-state index in [-0.39, 0.29) is 17.8 Å². The maximum absolute atomic E-state index is 12.8. The van der Waals surface area contributed by atoms with Crippen molar-refractivity contribution in [3.05, 3.63) is 46.8 Å². The van der Waals surface area contributed by atoms with Gasteiger partial charge in [-0.25, -0.2) is 8.78 Å². The summed E-state index contributed by atoms with van der Waals surface area (Å²) in [5, 5.41) is 9.58. The van der Waals surface area contributed by atoms with E-state index in [0.29, 0.717) is 12.5 Å². The zero-order valence-electron chi connectivity index (χ0n) is 12.6. The molecule has 1 saturated heterocycles. The fraction of sp³-hybridized carbons (Fsp3) is 0.500. The summed E-state index contributed by atoms with van der Waals surface area (Å²) < 4.78 is 25.5. The predicted molar refractivity (Wildman–Crippen MR) is 83.3 cm³/mol. The highest BCUT2D eigenvalue weighted by molar-refractivity contribution is 5.48. The molecule has 0 bridgehead atoms. The van der Waals surface area contributed by atoms with Crippen LogP contribution in [-0.4, -0.2) is 37.6 Å². The minimum Gasteiger partial charge on any atom is -0.381 e. The summed E-state index contributed by atoms with van der Waals surface area (Å²) in [7, 11) is 0. The Balaban J connectivity index is 1.77. The summed E-state index contributed by atoms with van der Waals surface area (Å²) in [6, 6.07) is 0.0992. The molecule has 0 aromatic rings. The van der Waals surface area contributed by atoms with Gasteiger partial charge < -0.3 is 21.7 Å². The van der Waals surface area contributed by atoms with Gasteiger partial charge in [0, 0.05) is 18.8 Å². The Labute approximate surface area is 129 Å². The van der Waals surface area contributed by atoms with Crippen LogP contribution in [0.5, 0.6) is 0 Å². The zero-order valence-corrected chi connectivity index (χ0v) is 12.6. The molecule has 6 heteroatoms. The van der Waals surface area contributed by atoms with Gasteiger partial charge in [0.2, 0.25) is 0 Å². The van der Waals surface area contributed by atoms with Crippen molar-refractivity contribution in [2.75, 3.05) is 13.1 Å². The van der Waals surface area contributed by atoms with E-state index in [1.165, 1.54) is 0 Å². The van der Waals surface area contributed by atoms with Crippen LogP contribution in [0.2, 0.25) is 0 Å². The van der Waals surface area contributed by atoms with Crippen LogP contribution in [0.25, 0.3) is 0 Å². The van der Waals surface area contributed by atoms with E-state index in [4.69, 9.17) is 5.73 Å². The molecule has 1 fully saturated rings. The SMILES string of the molecule is C/C=C1/C=C(C2CC=C(C(F)F)N2)C=C(NC2CNC2)C1N. The molecule has 3 aliphatic rings. The fourth-order valence-electron chi connectivity index (χ4n) is 2.93. The van der Waals surface area contributed by atoms with Crippen molar-refractivity contribution in [2.45, 2.75) is 37.9 Å². The Kier molecular flexibility index (Phi) is 4.31. The van der Waals surface area contributed by atoms with E-state index in [0.717, 1.165) is 29.9 Å². The summed E-state index contributed by atoms with van der Waals surface area (Å²) in [5.41, 5.74) is 9.27. The molecule has 3 rings (SSSR count). The molecule has 120 valence electrons. The van der Waals surface area contributed by atoms with Crippen LogP contribution in [-0.2, 0) is 0 Å². The van der Waals surface area contributed by atoms with Crippen LogP contribution in [0.1, 0.15) is 13.3 Å². The van der Waals surface area contributed by atoms with Crippen molar-refractivity contribution in [3.63, 3.8) is 0 Å². The van der Waals surface area contributed by atoms with E-state index in [1.807, 2.05) is 25.2 Å². The molecule has 2 unspecified atom stereocenters. The van der Waals surface area contributed by atoms with Gasteiger partial charge in [-0.1, -0.05) is 18.2 Å². The first-order chi connectivity index (χ1) is 10.6. The third-order valence-electron chi connectivity index (χ3n) is 4.39. The summed E-state index contributed by atoms with van der Waals surface area (Å²) in [4.78, 5) is 0. The lowest BCUT2D eigenvalue weighted by atomic mass is 9.90. The van der Waals surface area contributed by atoms with E-state index >= 15 is 0 Å². The molecule has 2 aliphatic heterocycles. The number of nitrogens with one attached hydrogen (secondary N) is 3. The van der Waals surface area contributed by atoms with Crippen LogP contribution >= 0.6 is 0 Å². The fourth-order valence-corrected chi connectivity index (χ4v) is 2.93. The minimum absolute atomic E-state index is 0.0221. The molecule has 0 radical (unpaired) electrons. The first-order valence-electron chi connectivity index (χ1n) is 7.65. The standard InChI is InChI=1S/C16H22F2N4/c1-2-9-5-10(12-3-4-13(22-12)16(17)18)6-14(15(9)19)21-11-7-20-8-11/h2,4-6,11-12,15-16,20-22H,3,7-8,19H2,1H3/b9-2-. The van der Waals surface area contributed by atoms with Gasteiger partial charge in [0.05, 0.1) is 23.8 Å². The second-order valence-corrected chi connectivity index (χ2v) is 5.90. The number of hydrogen-bond donors (Lipinski definition) is 4. The highest BCUT2D eigenvalue weighted by atomic mass is 19.3. The predicted octanol–water partition coefficient (Wildman–Crippen LogP) is 1.16. The average molecular weight is 308 g/mol. The number of allylic oxidation sites excluding steroid dienone is 2. The number of nitrogens with two attached hydrogens (primary N) is 1. The van der Waals surface area contributed by atoms with Gasteiger partial charge in [-0.15, -0.1) is 0 Å². The third-order valence-corrected chi connectivity index (χ3v) is 4.39. The van der Waals surface area contributed by atoms with Gasteiger partial charge in [-0.05, 0) is 30.6 Å². The summed E-state index contributed by atoms with van der Waals surface area (Å²) in [6.07, 6.45) is 5.71. The number of alkyl halides is 2. The van der Waals surface area contributed by atoms with Crippen LogP contribution in [0.3, 0.4) is 0 Å². The second-order valence-electron chi connectivity index (χ2n) is 5.90. The number of halogens is 2. The van der Waals surface area contributed by atoms with Gasteiger partial charge in [0.25, 0.3) is 6.43 Å². The van der Waals surface area contributed by atoms with Gasteiger partial charge in [-0.3, -0.25) is 0 Å². The maximum atomic E-state index is 12.8. The Morgan fingerprint density at radius 1 is 1.36 bits per heavy atom. The molecule has 0 aromatic carbocycles. The lowest BCUT2D eigenvalue weighted by Gasteiger charge is -2.34. The van der Waals surface area contributed by atoms with Gasteiger partial charge in [0.15, 0.2) is 0 Å². The molecule has 2 heterocycles. The average Bonchev–Trinajstić information content (AvgIpc) is 2.94. The molecule has 5 N–H and O–H groups in total. The number of rotatable bonds is 4. The Morgan fingerprint density at radius 3 is 2.68 bits per heavy atom. The van der Waals surface area contributed by atoms with E-state index in [2.05, 4.69) is 16.0 Å². The Bertz CT molecular complexity index is 558. The normalized spacial score (nSPS) is 30.6. The quantitative estimate of drug-likeness (QED) is 0.629. The molecule has 0 spiro atoms. The first kappa shape index (κ1) is 15.2. The van der Waals surface area contributed by atoms with Crippen LogP contribution < -0.4 is 21.7 Å². The summed E-state index contributed by atoms with van der Waals surface area (Å²) in [6.45, 7) is 3.79. The molecule has 0 aromatic heterocycles. The van der Waals surface area contributed by atoms with Crippen LogP contribution in [0.4, 0.5) is 8.78 Å². The van der Waals surface area contributed by atoms with Gasteiger partial charge in [0.1, 0.15) is 0 Å². The molecular formula is C16H22F2N4. The summed E-state index contributed by atoms with van der Waals surface area (Å²) in [5.74, 6) is 0. The maximum Gasteiger partial charge on any atom is 0.277 e. The molecule has 4 nitrogen and oxygen atoms in total. The zero-order chi connectivity index (χ0) is 15.7. The lowest BCUT2D eigenvalue weighted by molar-refractivity contribution is 0.181. The van der Waals surface area contributed by atoms with E-state index in [1.54, 1.807) is 6.08 Å². The molecule has 1 aliphatic carbocycles. The van der Waals surface area contributed by atoms with Crippen molar-refractivity contribution >= 4 is 0 Å². The molecule has 2 atom stereocenters. The molecule has 0 saturated carbocycles. The largest absolute Gasteiger partial charge is 0.381 e. The third kappa shape index (κ3) is 2.94. The topological polar surface area (TPSA) is 62.1 Å². The van der Waals surface area contributed by atoms with Crippen molar-refractivity contribution in [1.82, 2.24) is 16.0 Å². The monoisotopic (exact) mass is 308 g/mol. The lowest BCUT2D eigenvalue weighted by Crippen LogP contribution is -2.56. The minimum atomic E-state index is -2.44. The number of hydrogen-bond acceptors (Lipinski definition) is 4. The van der Waals surface area contributed by atoms with Crippen molar-refractivity contribution in [3.8, 4) is 0 Å². The van der Waals surface area contributed by atoms with Crippen molar-refractivity contribution in [1.29, 1.82) is 0 Å². The highest BCUT2D eigenvalue weighted by Crippen LogP contribution is 2.27. The second kappa shape index (κ2) is 6.22.